The molecule has 1 aromatic carbocycles. The summed E-state index contributed by atoms with van der Waals surface area (Å²) in [5.74, 6) is 0. The van der Waals surface area contributed by atoms with E-state index in [4.69, 9.17) is 10.5 Å². The second-order valence-corrected chi connectivity index (χ2v) is 4.30. The van der Waals surface area contributed by atoms with Crippen molar-refractivity contribution in [2.24, 2.45) is 5.73 Å². The minimum atomic E-state index is -0.389. The van der Waals surface area contributed by atoms with E-state index in [-0.39, 0.29) is 5.54 Å². The molecule has 0 radical (unpaired) electrons. The van der Waals surface area contributed by atoms with Crippen molar-refractivity contribution >= 4 is 0 Å². The van der Waals surface area contributed by atoms with Crippen molar-refractivity contribution in [2.45, 2.75) is 32.2 Å². The molecule has 0 bridgehead atoms. The third-order valence-electron chi connectivity index (χ3n) is 2.60. The van der Waals surface area contributed by atoms with Crippen LogP contribution < -0.4 is 5.73 Å². The molecule has 2 heteroatoms. The molecule has 0 aromatic heterocycles. The van der Waals surface area contributed by atoms with E-state index in [2.05, 4.69) is 31.2 Å². The minimum Gasteiger partial charge on any atom is -0.382 e. The fraction of sp³-hybridized carbons (Fsp3) is 0.538. The Kier molecular flexibility index (Phi) is 4.30. The number of aryl methyl sites for hydroxylation is 1. The first-order valence-electron chi connectivity index (χ1n) is 5.47. The standard InChI is InChI=1S/C13H21NO/c1-4-5-11-6-8-12(9-7-11)13(2,14)10-15-3/h6-9H,4-5,10,14H2,1-3H3. The van der Waals surface area contributed by atoms with E-state index in [1.165, 1.54) is 12.0 Å². The first-order valence-corrected chi connectivity index (χ1v) is 5.47. The van der Waals surface area contributed by atoms with Gasteiger partial charge in [0.2, 0.25) is 0 Å². The highest BCUT2D eigenvalue weighted by molar-refractivity contribution is 5.28. The van der Waals surface area contributed by atoms with Crippen molar-refractivity contribution in [3.8, 4) is 0 Å². The van der Waals surface area contributed by atoms with E-state index >= 15 is 0 Å². The van der Waals surface area contributed by atoms with Gasteiger partial charge in [0, 0.05) is 7.11 Å². The van der Waals surface area contributed by atoms with Crippen LogP contribution in [0.5, 0.6) is 0 Å². The topological polar surface area (TPSA) is 35.2 Å². The molecule has 1 unspecified atom stereocenters. The van der Waals surface area contributed by atoms with Crippen LogP contribution in [0.3, 0.4) is 0 Å². The van der Waals surface area contributed by atoms with Gasteiger partial charge in [0.05, 0.1) is 12.1 Å². The van der Waals surface area contributed by atoms with Gasteiger partial charge in [-0.15, -0.1) is 0 Å². The Hall–Kier alpha value is -0.860. The van der Waals surface area contributed by atoms with E-state index < -0.39 is 0 Å². The van der Waals surface area contributed by atoms with E-state index in [0.717, 1.165) is 12.0 Å². The lowest BCUT2D eigenvalue weighted by Gasteiger charge is -2.24. The molecule has 15 heavy (non-hydrogen) atoms. The smallest absolute Gasteiger partial charge is 0.0681 e. The monoisotopic (exact) mass is 207 g/mol. The molecule has 2 N–H and O–H groups in total. The molecule has 84 valence electrons. The average molecular weight is 207 g/mol. The van der Waals surface area contributed by atoms with Crippen LogP contribution in [0.4, 0.5) is 0 Å². The summed E-state index contributed by atoms with van der Waals surface area (Å²) in [5.41, 5.74) is 8.26. The van der Waals surface area contributed by atoms with Gasteiger partial charge < -0.3 is 10.5 Å². The molecule has 0 aliphatic heterocycles. The molecular weight excluding hydrogens is 186 g/mol. The van der Waals surface area contributed by atoms with Crippen molar-refractivity contribution in [2.75, 3.05) is 13.7 Å². The molecular formula is C13H21NO. The van der Waals surface area contributed by atoms with E-state index in [1.807, 2.05) is 6.92 Å². The van der Waals surface area contributed by atoms with Crippen LogP contribution in [0.15, 0.2) is 24.3 Å². The molecule has 0 aliphatic carbocycles. The number of hydrogen-bond donors (Lipinski definition) is 1. The lowest BCUT2D eigenvalue weighted by atomic mass is 9.93. The van der Waals surface area contributed by atoms with Crippen molar-refractivity contribution in [3.05, 3.63) is 35.4 Å². The normalized spacial score (nSPS) is 14.9. The molecule has 0 amide bonds. The molecule has 2 nitrogen and oxygen atoms in total. The first-order chi connectivity index (χ1) is 7.10. The zero-order chi connectivity index (χ0) is 11.3. The van der Waals surface area contributed by atoms with Crippen LogP contribution in [0.1, 0.15) is 31.4 Å². The van der Waals surface area contributed by atoms with Crippen molar-refractivity contribution in [3.63, 3.8) is 0 Å². The molecule has 0 heterocycles. The highest BCUT2D eigenvalue weighted by Crippen LogP contribution is 2.18. The molecule has 0 aliphatic rings. The Balaban J connectivity index is 2.78. The lowest BCUT2D eigenvalue weighted by molar-refractivity contribution is 0.141. The van der Waals surface area contributed by atoms with Gasteiger partial charge >= 0.3 is 0 Å². The summed E-state index contributed by atoms with van der Waals surface area (Å²) in [4.78, 5) is 0. The summed E-state index contributed by atoms with van der Waals surface area (Å²) in [7, 11) is 1.68. The molecule has 0 saturated heterocycles. The van der Waals surface area contributed by atoms with E-state index in [0.29, 0.717) is 6.61 Å². The second kappa shape index (κ2) is 5.29. The quantitative estimate of drug-likeness (QED) is 0.805. The summed E-state index contributed by atoms with van der Waals surface area (Å²) in [6, 6.07) is 8.51. The summed E-state index contributed by atoms with van der Waals surface area (Å²) < 4.78 is 5.11. The maximum Gasteiger partial charge on any atom is 0.0681 e. The van der Waals surface area contributed by atoms with Crippen molar-refractivity contribution in [1.82, 2.24) is 0 Å². The molecule has 1 atom stereocenters. The van der Waals surface area contributed by atoms with Crippen LogP contribution >= 0.6 is 0 Å². The van der Waals surface area contributed by atoms with Gasteiger partial charge in [-0.2, -0.15) is 0 Å². The Morgan fingerprint density at radius 3 is 2.33 bits per heavy atom. The Bertz CT molecular complexity index is 290. The fourth-order valence-electron chi connectivity index (χ4n) is 1.72. The Morgan fingerprint density at radius 1 is 1.27 bits per heavy atom. The van der Waals surface area contributed by atoms with E-state index in [9.17, 15) is 0 Å². The minimum absolute atomic E-state index is 0.389. The number of ether oxygens (including phenoxy) is 1. The van der Waals surface area contributed by atoms with Gasteiger partial charge in [-0.05, 0) is 24.5 Å². The van der Waals surface area contributed by atoms with Gasteiger partial charge in [-0.25, -0.2) is 0 Å². The molecule has 1 rings (SSSR count). The fourth-order valence-corrected chi connectivity index (χ4v) is 1.72. The molecule has 1 aromatic rings. The summed E-state index contributed by atoms with van der Waals surface area (Å²) in [6.45, 7) is 4.72. The van der Waals surface area contributed by atoms with Gasteiger partial charge in [0.1, 0.15) is 0 Å². The summed E-state index contributed by atoms with van der Waals surface area (Å²) >= 11 is 0. The number of hydrogen-bond acceptors (Lipinski definition) is 2. The third kappa shape index (κ3) is 3.33. The maximum atomic E-state index is 6.15. The Labute approximate surface area is 92.4 Å². The number of methoxy groups -OCH3 is 1. The summed E-state index contributed by atoms with van der Waals surface area (Å²) in [6.07, 6.45) is 2.31. The zero-order valence-corrected chi connectivity index (χ0v) is 9.92. The van der Waals surface area contributed by atoms with Gasteiger partial charge in [0.25, 0.3) is 0 Å². The third-order valence-corrected chi connectivity index (χ3v) is 2.60. The predicted octanol–water partition coefficient (Wildman–Crippen LogP) is 2.46. The highest BCUT2D eigenvalue weighted by Gasteiger charge is 2.20. The van der Waals surface area contributed by atoms with Crippen molar-refractivity contribution in [1.29, 1.82) is 0 Å². The maximum absolute atomic E-state index is 6.15. The SMILES string of the molecule is CCCc1ccc(C(C)(N)COC)cc1. The van der Waals surface area contributed by atoms with E-state index in [1.54, 1.807) is 7.11 Å². The van der Waals surface area contributed by atoms with Crippen LogP contribution in [-0.2, 0) is 16.7 Å². The van der Waals surface area contributed by atoms with Crippen LogP contribution in [0, 0.1) is 0 Å². The van der Waals surface area contributed by atoms with Crippen LogP contribution in [0.2, 0.25) is 0 Å². The zero-order valence-electron chi connectivity index (χ0n) is 9.92. The number of rotatable bonds is 5. The average Bonchev–Trinajstić information content (AvgIpc) is 2.19. The number of nitrogens with two attached hydrogens (primary N) is 1. The molecule has 0 spiro atoms. The highest BCUT2D eigenvalue weighted by atomic mass is 16.5. The predicted molar refractivity (Wildman–Crippen MR) is 63.9 cm³/mol. The first kappa shape index (κ1) is 12.2. The number of benzene rings is 1. The van der Waals surface area contributed by atoms with Crippen LogP contribution in [-0.4, -0.2) is 13.7 Å². The molecule has 0 saturated carbocycles. The van der Waals surface area contributed by atoms with Crippen molar-refractivity contribution < 1.29 is 4.74 Å². The second-order valence-electron chi connectivity index (χ2n) is 4.30. The lowest BCUT2D eigenvalue weighted by Crippen LogP contribution is -2.37. The molecule has 0 fully saturated rings. The van der Waals surface area contributed by atoms with Gasteiger partial charge in [-0.1, -0.05) is 37.6 Å². The van der Waals surface area contributed by atoms with Crippen LogP contribution in [0.25, 0.3) is 0 Å². The van der Waals surface area contributed by atoms with Gasteiger partial charge in [0.15, 0.2) is 0 Å². The summed E-state index contributed by atoms with van der Waals surface area (Å²) in [5, 5.41) is 0. The largest absolute Gasteiger partial charge is 0.382 e. The Morgan fingerprint density at radius 2 is 1.87 bits per heavy atom. The van der Waals surface area contributed by atoms with Gasteiger partial charge in [-0.3, -0.25) is 0 Å².